The van der Waals surface area contributed by atoms with E-state index in [0.717, 1.165) is 16.8 Å². The van der Waals surface area contributed by atoms with Crippen molar-refractivity contribution in [1.29, 1.82) is 0 Å². The van der Waals surface area contributed by atoms with Gasteiger partial charge in [0.2, 0.25) is 0 Å². The fraction of sp³-hybridized carbons (Fsp3) is 0. The van der Waals surface area contributed by atoms with Crippen LogP contribution in [-0.4, -0.2) is 11.1 Å². The third kappa shape index (κ3) is 5.38. The molecule has 3 nitrogen and oxygen atoms in total. The van der Waals surface area contributed by atoms with Crippen LogP contribution < -0.4 is 15.9 Å². The Kier molecular flexibility index (Phi) is 7.26. The number of carboxylic acids is 1. The Labute approximate surface area is 217 Å². The van der Waals surface area contributed by atoms with E-state index in [2.05, 4.69) is 97.1 Å². The standard InChI is InChI=1S/C33H26NO2P/c35-33(36)28-22-18-26(19-23-28)16-17-27-20-24-29(25-21-27)34-37(30-10-4-1-5-11-30,31-12-6-2-7-13-31)32-14-8-3-9-15-32/h1-25H,(H,35,36). The zero-order valence-electron chi connectivity index (χ0n) is 20.2. The van der Waals surface area contributed by atoms with E-state index in [1.54, 1.807) is 12.1 Å². The minimum atomic E-state index is -2.31. The summed E-state index contributed by atoms with van der Waals surface area (Å²) in [5.74, 6) is -0.921. The van der Waals surface area contributed by atoms with E-state index in [1.807, 2.05) is 42.5 Å². The molecule has 5 rings (SSSR count). The lowest BCUT2D eigenvalue weighted by Crippen LogP contribution is -2.25. The Morgan fingerprint density at radius 1 is 0.541 bits per heavy atom. The molecule has 4 heteroatoms. The Bertz CT molecular complexity index is 1460. The molecule has 0 heterocycles. The van der Waals surface area contributed by atoms with E-state index >= 15 is 0 Å². The summed E-state index contributed by atoms with van der Waals surface area (Å²) in [6, 6.07) is 46.9. The lowest BCUT2D eigenvalue weighted by Gasteiger charge is -2.27. The monoisotopic (exact) mass is 499 g/mol. The van der Waals surface area contributed by atoms with Crippen molar-refractivity contribution < 1.29 is 9.90 Å². The maximum absolute atomic E-state index is 11.1. The van der Waals surface area contributed by atoms with Gasteiger partial charge >= 0.3 is 5.97 Å². The Morgan fingerprint density at radius 2 is 0.919 bits per heavy atom. The summed E-state index contributed by atoms with van der Waals surface area (Å²) < 4.78 is 5.52. The molecule has 1 N–H and O–H groups in total. The molecular weight excluding hydrogens is 473 g/mol. The van der Waals surface area contributed by atoms with Crippen molar-refractivity contribution >= 4 is 46.8 Å². The molecule has 0 aromatic heterocycles. The van der Waals surface area contributed by atoms with Gasteiger partial charge in [-0.15, -0.1) is 0 Å². The SMILES string of the molecule is O=C(O)c1ccc(C=Cc2ccc(N=P(c3ccccc3)(c3ccccc3)c3ccccc3)cc2)cc1. The molecule has 0 unspecified atom stereocenters. The van der Waals surface area contributed by atoms with Crippen LogP contribution in [0.3, 0.4) is 0 Å². The first-order chi connectivity index (χ1) is 18.1. The molecule has 180 valence electrons. The lowest BCUT2D eigenvalue weighted by molar-refractivity contribution is 0.0697. The molecule has 0 aliphatic carbocycles. The number of rotatable bonds is 7. The van der Waals surface area contributed by atoms with Gasteiger partial charge in [0.25, 0.3) is 0 Å². The molecule has 0 atom stereocenters. The van der Waals surface area contributed by atoms with Crippen molar-refractivity contribution in [3.8, 4) is 0 Å². The predicted molar refractivity (Wildman–Crippen MR) is 156 cm³/mol. The summed E-state index contributed by atoms with van der Waals surface area (Å²) in [5.41, 5.74) is 3.20. The van der Waals surface area contributed by atoms with Crippen molar-refractivity contribution in [2.24, 2.45) is 4.74 Å². The molecule has 0 fully saturated rings. The Hall–Kier alpha value is -4.46. The van der Waals surface area contributed by atoms with Crippen LogP contribution in [0, 0.1) is 0 Å². The quantitative estimate of drug-likeness (QED) is 0.188. The van der Waals surface area contributed by atoms with E-state index in [9.17, 15) is 4.79 Å². The average molecular weight is 500 g/mol. The third-order valence-corrected chi connectivity index (χ3v) is 9.84. The molecule has 0 aliphatic rings. The third-order valence-electron chi connectivity index (χ3n) is 6.17. The van der Waals surface area contributed by atoms with Crippen LogP contribution in [0.25, 0.3) is 12.2 Å². The Morgan fingerprint density at radius 3 is 1.30 bits per heavy atom. The second-order valence-electron chi connectivity index (χ2n) is 8.59. The Balaban J connectivity index is 1.57. The summed E-state index contributed by atoms with van der Waals surface area (Å²) in [4.78, 5) is 11.1. The largest absolute Gasteiger partial charge is 0.478 e. The van der Waals surface area contributed by atoms with Gasteiger partial charge in [0.15, 0.2) is 0 Å². The van der Waals surface area contributed by atoms with Crippen LogP contribution >= 0.6 is 7.05 Å². The number of hydrogen-bond acceptors (Lipinski definition) is 2. The highest BCUT2D eigenvalue weighted by molar-refractivity contribution is 7.87. The highest BCUT2D eigenvalue weighted by atomic mass is 31.2. The van der Waals surface area contributed by atoms with Gasteiger partial charge in [0.05, 0.1) is 18.3 Å². The number of carbonyl (C=O) groups is 1. The van der Waals surface area contributed by atoms with Gasteiger partial charge in [-0.05, 0) is 35.4 Å². The van der Waals surface area contributed by atoms with E-state index in [0.29, 0.717) is 0 Å². The molecule has 0 bridgehead atoms. The van der Waals surface area contributed by atoms with Gasteiger partial charge in [-0.3, -0.25) is 4.74 Å². The number of carboxylic acid groups (broad SMARTS) is 1. The minimum Gasteiger partial charge on any atom is -0.478 e. The van der Waals surface area contributed by atoms with Gasteiger partial charge in [0, 0.05) is 15.9 Å². The van der Waals surface area contributed by atoms with Crippen molar-refractivity contribution in [2.45, 2.75) is 0 Å². The maximum Gasteiger partial charge on any atom is 0.335 e. The zero-order chi connectivity index (χ0) is 25.5. The van der Waals surface area contributed by atoms with Crippen molar-refractivity contribution in [3.05, 3.63) is 156 Å². The van der Waals surface area contributed by atoms with Gasteiger partial charge < -0.3 is 5.11 Å². The van der Waals surface area contributed by atoms with Crippen LogP contribution in [0.4, 0.5) is 5.69 Å². The van der Waals surface area contributed by atoms with Crippen LogP contribution in [0.1, 0.15) is 21.5 Å². The lowest BCUT2D eigenvalue weighted by atomic mass is 10.1. The normalized spacial score (nSPS) is 11.4. The van der Waals surface area contributed by atoms with Gasteiger partial charge in [-0.1, -0.05) is 127 Å². The molecule has 0 spiro atoms. The first kappa shape index (κ1) is 24.2. The zero-order valence-corrected chi connectivity index (χ0v) is 21.1. The maximum atomic E-state index is 11.1. The van der Waals surface area contributed by atoms with Crippen LogP contribution in [0.15, 0.2) is 144 Å². The second-order valence-corrected chi connectivity index (χ2v) is 11.6. The van der Waals surface area contributed by atoms with Crippen LogP contribution in [0.5, 0.6) is 0 Å². The molecule has 5 aromatic rings. The van der Waals surface area contributed by atoms with Crippen LogP contribution in [-0.2, 0) is 0 Å². The summed E-state index contributed by atoms with van der Waals surface area (Å²) in [6.07, 6.45) is 4.00. The average Bonchev–Trinajstić information content (AvgIpc) is 2.97. The molecule has 0 radical (unpaired) electrons. The molecule has 5 aromatic carbocycles. The molecule has 0 amide bonds. The van der Waals surface area contributed by atoms with Gasteiger partial charge in [-0.2, -0.15) is 0 Å². The molecule has 0 saturated heterocycles. The fourth-order valence-corrected chi connectivity index (χ4v) is 7.84. The predicted octanol–water partition coefficient (Wildman–Crippen LogP) is 7.36. The van der Waals surface area contributed by atoms with E-state index < -0.39 is 13.0 Å². The fourth-order valence-electron chi connectivity index (χ4n) is 4.31. The van der Waals surface area contributed by atoms with Crippen molar-refractivity contribution in [2.75, 3.05) is 0 Å². The number of nitrogens with zero attached hydrogens (tertiary/aromatic N) is 1. The van der Waals surface area contributed by atoms with Gasteiger partial charge in [-0.25, -0.2) is 4.79 Å². The molecule has 37 heavy (non-hydrogen) atoms. The first-order valence-electron chi connectivity index (χ1n) is 12.1. The van der Waals surface area contributed by atoms with E-state index in [-0.39, 0.29) is 5.56 Å². The number of aromatic carboxylic acids is 1. The van der Waals surface area contributed by atoms with Crippen molar-refractivity contribution in [1.82, 2.24) is 0 Å². The molecule has 0 aliphatic heterocycles. The smallest absolute Gasteiger partial charge is 0.335 e. The summed E-state index contributed by atoms with van der Waals surface area (Å²) in [7, 11) is -2.31. The van der Waals surface area contributed by atoms with Crippen molar-refractivity contribution in [3.63, 3.8) is 0 Å². The van der Waals surface area contributed by atoms with E-state index in [1.165, 1.54) is 15.9 Å². The summed E-state index contributed by atoms with van der Waals surface area (Å²) in [6.45, 7) is 0. The molecular formula is C33H26NO2P. The highest BCUT2D eigenvalue weighted by Crippen LogP contribution is 2.49. The summed E-state index contributed by atoms with van der Waals surface area (Å²) in [5, 5.41) is 12.7. The topological polar surface area (TPSA) is 49.7 Å². The summed E-state index contributed by atoms with van der Waals surface area (Å²) >= 11 is 0. The first-order valence-corrected chi connectivity index (χ1v) is 13.8. The molecule has 0 saturated carbocycles. The second kappa shape index (κ2) is 11.1. The number of benzene rings is 5. The number of hydrogen-bond donors (Lipinski definition) is 1. The highest BCUT2D eigenvalue weighted by Gasteiger charge is 2.27. The van der Waals surface area contributed by atoms with Crippen LogP contribution in [0.2, 0.25) is 0 Å². The van der Waals surface area contributed by atoms with Gasteiger partial charge in [0.1, 0.15) is 0 Å². The minimum absolute atomic E-state index is 0.283. The van der Waals surface area contributed by atoms with E-state index in [4.69, 9.17) is 9.85 Å².